The molecule has 0 aliphatic rings. The smallest absolute Gasteiger partial charge is 0.319 e. The number of hydrogen-bond donors (Lipinski definition) is 1. The lowest BCUT2D eigenvalue weighted by Crippen LogP contribution is -2.11. The van der Waals surface area contributed by atoms with Crippen molar-refractivity contribution >= 4 is 44.7 Å². The highest BCUT2D eigenvalue weighted by molar-refractivity contribution is 7.20. The van der Waals surface area contributed by atoms with Crippen molar-refractivity contribution in [2.45, 2.75) is 6.18 Å². The van der Waals surface area contributed by atoms with Crippen LogP contribution in [0.3, 0.4) is 0 Å². The molecule has 3 nitrogen and oxygen atoms in total. The predicted octanol–water partition coefficient (Wildman–Crippen LogP) is 5.22. The largest absolute Gasteiger partial charge is 0.416 e. The van der Waals surface area contributed by atoms with Gasteiger partial charge in [0.05, 0.1) is 26.5 Å². The van der Waals surface area contributed by atoms with Crippen molar-refractivity contribution < 1.29 is 18.0 Å². The molecule has 0 aliphatic heterocycles. The lowest BCUT2D eigenvalue weighted by Gasteiger charge is -2.05. The summed E-state index contributed by atoms with van der Waals surface area (Å²) in [6.45, 7) is 0. The van der Waals surface area contributed by atoms with E-state index in [0.29, 0.717) is 15.4 Å². The second-order valence-electron chi connectivity index (χ2n) is 4.63. The van der Waals surface area contributed by atoms with Crippen LogP contribution in [0.25, 0.3) is 10.2 Å². The van der Waals surface area contributed by atoms with E-state index in [1.165, 1.54) is 6.07 Å². The van der Waals surface area contributed by atoms with Gasteiger partial charge in [0.25, 0.3) is 5.91 Å². The molecule has 3 rings (SSSR count). The Morgan fingerprint density at radius 2 is 1.91 bits per heavy atom. The van der Waals surface area contributed by atoms with Crippen LogP contribution in [-0.2, 0) is 6.18 Å². The standard InChI is InChI=1S/C15H8ClF3N2OS/c16-9-3-1-2-4-10(9)20-13(22)14-21-11-7-8(15(17,18)19)5-6-12(11)23-14/h1-7H,(H,20,22). The number of thiazole rings is 1. The van der Waals surface area contributed by atoms with Crippen LogP contribution in [0.15, 0.2) is 42.5 Å². The Bertz CT molecular complexity index is 892. The number of nitrogens with zero attached hydrogens (tertiary/aromatic N) is 1. The lowest BCUT2D eigenvalue weighted by atomic mass is 10.2. The fourth-order valence-corrected chi connectivity index (χ4v) is 2.96. The van der Waals surface area contributed by atoms with Crippen LogP contribution in [-0.4, -0.2) is 10.9 Å². The normalized spacial score (nSPS) is 11.7. The highest BCUT2D eigenvalue weighted by Gasteiger charge is 2.31. The van der Waals surface area contributed by atoms with Crippen molar-refractivity contribution in [3.8, 4) is 0 Å². The number of fused-ring (bicyclic) bond motifs is 1. The van der Waals surface area contributed by atoms with E-state index in [1.54, 1.807) is 24.3 Å². The maximum Gasteiger partial charge on any atom is 0.416 e. The Balaban J connectivity index is 1.91. The number of alkyl halides is 3. The molecule has 3 aromatic rings. The third-order valence-electron chi connectivity index (χ3n) is 3.03. The first kappa shape index (κ1) is 15.8. The van der Waals surface area contributed by atoms with Crippen molar-refractivity contribution in [2.75, 3.05) is 5.32 Å². The molecular weight excluding hydrogens is 349 g/mol. The number of anilines is 1. The number of nitrogens with one attached hydrogen (secondary N) is 1. The highest BCUT2D eigenvalue weighted by Crippen LogP contribution is 2.33. The molecule has 0 saturated heterocycles. The molecule has 0 saturated carbocycles. The second-order valence-corrected chi connectivity index (χ2v) is 6.07. The minimum absolute atomic E-state index is 0.0687. The summed E-state index contributed by atoms with van der Waals surface area (Å²) in [5.41, 5.74) is -0.253. The molecule has 0 fully saturated rings. The van der Waals surface area contributed by atoms with E-state index >= 15 is 0 Å². The van der Waals surface area contributed by atoms with E-state index in [4.69, 9.17) is 11.6 Å². The van der Waals surface area contributed by atoms with Gasteiger partial charge in [0.15, 0.2) is 5.01 Å². The van der Waals surface area contributed by atoms with Crippen LogP contribution in [0.5, 0.6) is 0 Å². The highest BCUT2D eigenvalue weighted by atomic mass is 35.5. The van der Waals surface area contributed by atoms with Gasteiger partial charge in [-0.15, -0.1) is 11.3 Å². The summed E-state index contributed by atoms with van der Waals surface area (Å²) in [4.78, 5) is 16.1. The number of carbonyl (C=O) groups is 1. The summed E-state index contributed by atoms with van der Waals surface area (Å²) < 4.78 is 38.6. The zero-order chi connectivity index (χ0) is 16.6. The molecule has 1 heterocycles. The van der Waals surface area contributed by atoms with E-state index in [1.807, 2.05) is 0 Å². The first-order valence-corrected chi connectivity index (χ1v) is 7.58. The number of carbonyl (C=O) groups excluding carboxylic acids is 1. The number of para-hydroxylation sites is 1. The molecule has 1 aromatic heterocycles. The fourth-order valence-electron chi connectivity index (χ4n) is 1.94. The zero-order valence-electron chi connectivity index (χ0n) is 11.3. The number of benzene rings is 2. The van der Waals surface area contributed by atoms with Gasteiger partial charge in [-0.25, -0.2) is 4.98 Å². The number of amides is 1. The summed E-state index contributed by atoms with van der Waals surface area (Å²) in [6, 6.07) is 9.86. The molecule has 0 radical (unpaired) electrons. The molecule has 0 bridgehead atoms. The summed E-state index contributed by atoms with van der Waals surface area (Å²) in [5, 5.41) is 3.02. The molecule has 118 valence electrons. The number of aromatic nitrogens is 1. The van der Waals surface area contributed by atoms with Gasteiger partial charge in [0.2, 0.25) is 0 Å². The number of rotatable bonds is 2. The maximum absolute atomic E-state index is 12.7. The Morgan fingerprint density at radius 3 is 2.61 bits per heavy atom. The van der Waals surface area contributed by atoms with Crippen LogP contribution in [0.2, 0.25) is 5.02 Å². The Hall–Kier alpha value is -2.12. The van der Waals surface area contributed by atoms with Crippen LogP contribution >= 0.6 is 22.9 Å². The molecule has 1 amide bonds. The van der Waals surface area contributed by atoms with E-state index in [-0.39, 0.29) is 10.5 Å². The van der Waals surface area contributed by atoms with E-state index in [9.17, 15) is 18.0 Å². The molecule has 1 N–H and O–H groups in total. The van der Waals surface area contributed by atoms with Gasteiger partial charge in [0.1, 0.15) is 0 Å². The number of hydrogen-bond acceptors (Lipinski definition) is 3. The topological polar surface area (TPSA) is 42.0 Å². The maximum atomic E-state index is 12.7. The summed E-state index contributed by atoms with van der Waals surface area (Å²) >= 11 is 6.96. The first-order valence-electron chi connectivity index (χ1n) is 6.38. The first-order chi connectivity index (χ1) is 10.8. The molecule has 2 aromatic carbocycles. The average Bonchev–Trinajstić information content (AvgIpc) is 2.92. The molecule has 23 heavy (non-hydrogen) atoms. The number of halogens is 4. The summed E-state index contributed by atoms with van der Waals surface area (Å²) in [5.74, 6) is -0.521. The van der Waals surface area contributed by atoms with E-state index in [2.05, 4.69) is 10.3 Å². The van der Waals surface area contributed by atoms with Crippen molar-refractivity contribution in [3.63, 3.8) is 0 Å². The predicted molar refractivity (Wildman–Crippen MR) is 84.0 cm³/mol. The quantitative estimate of drug-likeness (QED) is 0.684. The second kappa shape index (κ2) is 5.82. The molecular formula is C15H8ClF3N2OS. The third-order valence-corrected chi connectivity index (χ3v) is 4.40. The van der Waals surface area contributed by atoms with Gasteiger partial charge < -0.3 is 5.32 Å². The Kier molecular flexibility index (Phi) is 3.99. The van der Waals surface area contributed by atoms with Gasteiger partial charge in [-0.05, 0) is 30.3 Å². The Morgan fingerprint density at radius 1 is 1.17 bits per heavy atom. The molecule has 8 heteroatoms. The van der Waals surface area contributed by atoms with Gasteiger partial charge >= 0.3 is 6.18 Å². The van der Waals surface area contributed by atoms with E-state index in [0.717, 1.165) is 23.5 Å². The van der Waals surface area contributed by atoms with E-state index < -0.39 is 17.6 Å². The molecule has 0 aliphatic carbocycles. The summed E-state index contributed by atoms with van der Waals surface area (Å²) in [7, 11) is 0. The molecule has 0 atom stereocenters. The van der Waals surface area contributed by atoms with Gasteiger partial charge in [-0.2, -0.15) is 13.2 Å². The van der Waals surface area contributed by atoms with Crippen LogP contribution in [0, 0.1) is 0 Å². The van der Waals surface area contributed by atoms with Crippen molar-refractivity contribution in [1.29, 1.82) is 0 Å². The molecule has 0 spiro atoms. The van der Waals surface area contributed by atoms with Crippen LogP contribution in [0.1, 0.15) is 15.4 Å². The van der Waals surface area contributed by atoms with Crippen molar-refractivity contribution in [3.05, 3.63) is 58.1 Å². The van der Waals surface area contributed by atoms with Gasteiger partial charge in [-0.3, -0.25) is 4.79 Å². The SMILES string of the molecule is O=C(Nc1ccccc1Cl)c1nc2cc(C(F)(F)F)ccc2s1. The van der Waals surface area contributed by atoms with Crippen molar-refractivity contribution in [1.82, 2.24) is 4.98 Å². The minimum Gasteiger partial charge on any atom is -0.319 e. The molecule has 0 unspecified atom stereocenters. The lowest BCUT2D eigenvalue weighted by molar-refractivity contribution is -0.137. The third kappa shape index (κ3) is 3.30. The average molecular weight is 357 g/mol. The van der Waals surface area contributed by atoms with Crippen molar-refractivity contribution in [2.24, 2.45) is 0 Å². The van der Waals surface area contributed by atoms with Crippen LogP contribution < -0.4 is 5.32 Å². The van der Waals surface area contributed by atoms with Gasteiger partial charge in [0, 0.05) is 0 Å². The Labute approximate surface area is 137 Å². The van der Waals surface area contributed by atoms with Gasteiger partial charge in [-0.1, -0.05) is 23.7 Å². The fraction of sp³-hybridized carbons (Fsp3) is 0.0667. The van der Waals surface area contributed by atoms with Crippen LogP contribution in [0.4, 0.5) is 18.9 Å². The minimum atomic E-state index is -4.45. The zero-order valence-corrected chi connectivity index (χ0v) is 12.9. The summed E-state index contributed by atoms with van der Waals surface area (Å²) in [6.07, 6.45) is -4.45. The monoisotopic (exact) mass is 356 g/mol.